The molecule has 3 rings (SSSR count). The fraction of sp³-hybridized carbons (Fsp3) is 0.150. The number of nitrogens with zero attached hydrogens (tertiary/aromatic N) is 1. The minimum atomic E-state index is -0.841. The van der Waals surface area contributed by atoms with Crippen LogP contribution in [0.3, 0.4) is 0 Å². The summed E-state index contributed by atoms with van der Waals surface area (Å²) in [6, 6.07) is 18.3. The molecule has 2 aromatic carbocycles. The molecular formula is C20H20NO3P. The van der Waals surface area contributed by atoms with Gasteiger partial charge in [0.05, 0.1) is 27.5 Å². The Hall–Kier alpha value is -2.58. The first-order chi connectivity index (χ1) is 12.3. The summed E-state index contributed by atoms with van der Waals surface area (Å²) in [4.78, 5) is 4.19. The van der Waals surface area contributed by atoms with Gasteiger partial charge in [-0.15, -0.1) is 0 Å². The first-order valence-corrected chi connectivity index (χ1v) is 9.17. The molecule has 0 atom stereocenters. The van der Waals surface area contributed by atoms with E-state index >= 15 is 0 Å². The average Bonchev–Trinajstić information content (AvgIpc) is 2.69. The Kier molecular flexibility index (Phi) is 5.52. The molecule has 25 heavy (non-hydrogen) atoms. The summed E-state index contributed by atoms with van der Waals surface area (Å²) in [5.41, 5.74) is 0. The molecule has 0 fully saturated rings. The van der Waals surface area contributed by atoms with Gasteiger partial charge in [-0.05, 0) is 48.9 Å². The van der Waals surface area contributed by atoms with Crippen LogP contribution in [0.5, 0.6) is 17.2 Å². The van der Waals surface area contributed by atoms with E-state index in [-0.39, 0.29) is 0 Å². The lowest BCUT2D eigenvalue weighted by Gasteiger charge is -2.22. The van der Waals surface area contributed by atoms with Crippen LogP contribution in [0.2, 0.25) is 0 Å². The van der Waals surface area contributed by atoms with Gasteiger partial charge in [0, 0.05) is 11.5 Å². The van der Waals surface area contributed by atoms with Crippen molar-refractivity contribution >= 4 is 23.8 Å². The molecule has 1 aromatic heterocycles. The van der Waals surface area contributed by atoms with Crippen LogP contribution in [0, 0.1) is 0 Å². The first kappa shape index (κ1) is 17.2. The zero-order valence-corrected chi connectivity index (χ0v) is 15.4. The summed E-state index contributed by atoms with van der Waals surface area (Å²) in [6.45, 7) is 0. The number of ether oxygens (including phenoxy) is 3. The Morgan fingerprint density at radius 3 is 1.88 bits per heavy atom. The highest BCUT2D eigenvalue weighted by atomic mass is 31.1. The van der Waals surface area contributed by atoms with Crippen molar-refractivity contribution in [2.45, 2.75) is 0 Å². The molecule has 0 spiro atoms. The van der Waals surface area contributed by atoms with Crippen LogP contribution < -0.4 is 30.1 Å². The fourth-order valence-electron chi connectivity index (χ4n) is 2.64. The molecule has 4 nitrogen and oxygen atoms in total. The number of aromatic nitrogens is 1. The van der Waals surface area contributed by atoms with E-state index in [4.69, 9.17) is 14.2 Å². The van der Waals surface area contributed by atoms with Gasteiger partial charge in [0.1, 0.15) is 17.2 Å². The minimum absolute atomic E-state index is 0.777. The Morgan fingerprint density at radius 1 is 0.760 bits per heavy atom. The highest BCUT2D eigenvalue weighted by Crippen LogP contribution is 2.37. The van der Waals surface area contributed by atoms with E-state index in [2.05, 4.69) is 29.2 Å². The smallest absolute Gasteiger partial charge is 0.145 e. The van der Waals surface area contributed by atoms with Gasteiger partial charge < -0.3 is 14.2 Å². The van der Waals surface area contributed by atoms with Crippen LogP contribution in [0.15, 0.2) is 67.0 Å². The average molecular weight is 353 g/mol. The third-order valence-electron chi connectivity index (χ3n) is 3.85. The van der Waals surface area contributed by atoms with Gasteiger partial charge in [-0.2, -0.15) is 0 Å². The molecule has 128 valence electrons. The van der Waals surface area contributed by atoms with Crippen molar-refractivity contribution in [3.63, 3.8) is 0 Å². The maximum Gasteiger partial charge on any atom is 0.145 e. The molecular weight excluding hydrogens is 333 g/mol. The van der Waals surface area contributed by atoms with Gasteiger partial charge in [0.15, 0.2) is 0 Å². The number of hydrogen-bond acceptors (Lipinski definition) is 4. The van der Waals surface area contributed by atoms with Crippen LogP contribution in [0.25, 0.3) is 0 Å². The van der Waals surface area contributed by atoms with Crippen molar-refractivity contribution in [2.24, 2.45) is 0 Å². The largest absolute Gasteiger partial charge is 0.497 e. The molecule has 0 unspecified atom stereocenters. The van der Waals surface area contributed by atoms with Gasteiger partial charge in [-0.3, -0.25) is 4.98 Å². The molecule has 0 bridgehead atoms. The van der Waals surface area contributed by atoms with Crippen LogP contribution in [-0.2, 0) is 0 Å². The Balaban J connectivity index is 2.20. The minimum Gasteiger partial charge on any atom is -0.497 e. The van der Waals surface area contributed by atoms with Crippen molar-refractivity contribution in [1.82, 2.24) is 4.98 Å². The van der Waals surface area contributed by atoms with Gasteiger partial charge in [0.2, 0.25) is 0 Å². The van der Waals surface area contributed by atoms with E-state index < -0.39 is 7.92 Å². The standard InChI is InChI=1S/C20H20NO3P/c1-22-15-6-4-8-17(12-15)25(18-9-5-7-16(13-18)23-2)20-10-11-21-14-19(20)24-3/h4-14H,1-3H3. The Labute approximate surface area is 149 Å². The number of pyridine rings is 1. The maximum absolute atomic E-state index is 5.57. The normalized spacial score (nSPS) is 10.6. The van der Waals surface area contributed by atoms with Crippen LogP contribution in [0.1, 0.15) is 0 Å². The second-order valence-electron chi connectivity index (χ2n) is 5.29. The monoisotopic (exact) mass is 353 g/mol. The summed E-state index contributed by atoms with van der Waals surface area (Å²) < 4.78 is 16.4. The lowest BCUT2D eigenvalue weighted by Crippen LogP contribution is -2.22. The number of methoxy groups -OCH3 is 3. The lowest BCUT2D eigenvalue weighted by molar-refractivity contribution is 0.415. The van der Waals surface area contributed by atoms with Gasteiger partial charge in [-0.25, -0.2) is 0 Å². The number of benzene rings is 2. The van der Waals surface area contributed by atoms with Crippen molar-refractivity contribution in [1.29, 1.82) is 0 Å². The molecule has 0 radical (unpaired) electrons. The molecule has 0 aliphatic rings. The Morgan fingerprint density at radius 2 is 1.36 bits per heavy atom. The third-order valence-corrected chi connectivity index (χ3v) is 6.29. The zero-order chi connectivity index (χ0) is 17.6. The van der Waals surface area contributed by atoms with Crippen LogP contribution in [0.4, 0.5) is 0 Å². The Bertz CT molecular complexity index is 806. The van der Waals surface area contributed by atoms with Crippen molar-refractivity contribution in [2.75, 3.05) is 21.3 Å². The molecule has 0 N–H and O–H groups in total. The molecule has 0 saturated carbocycles. The van der Waals surface area contributed by atoms with E-state index in [9.17, 15) is 0 Å². The van der Waals surface area contributed by atoms with E-state index in [1.54, 1.807) is 33.7 Å². The molecule has 3 aromatic rings. The fourth-order valence-corrected chi connectivity index (χ4v) is 5.06. The lowest BCUT2D eigenvalue weighted by atomic mass is 10.3. The molecule has 0 amide bonds. The topological polar surface area (TPSA) is 40.6 Å². The van der Waals surface area contributed by atoms with E-state index in [1.165, 1.54) is 10.6 Å². The SMILES string of the molecule is COc1cccc(P(c2cccc(OC)c2)c2ccncc2OC)c1. The summed E-state index contributed by atoms with van der Waals surface area (Å²) in [7, 11) is 4.19. The third kappa shape index (κ3) is 3.75. The molecule has 0 saturated heterocycles. The van der Waals surface area contributed by atoms with E-state index in [0.29, 0.717) is 0 Å². The molecule has 0 aliphatic carbocycles. The molecule has 1 heterocycles. The second-order valence-corrected chi connectivity index (χ2v) is 7.47. The molecule has 0 aliphatic heterocycles. The zero-order valence-electron chi connectivity index (χ0n) is 14.5. The van der Waals surface area contributed by atoms with Crippen molar-refractivity contribution in [3.8, 4) is 17.2 Å². The predicted octanol–water partition coefficient (Wildman–Crippen LogP) is 2.87. The van der Waals surface area contributed by atoms with E-state index in [1.807, 2.05) is 30.3 Å². The first-order valence-electron chi connectivity index (χ1n) is 7.83. The highest BCUT2D eigenvalue weighted by molar-refractivity contribution is 7.80. The number of hydrogen-bond donors (Lipinski definition) is 0. The van der Waals surface area contributed by atoms with Crippen molar-refractivity contribution < 1.29 is 14.2 Å². The van der Waals surface area contributed by atoms with Crippen LogP contribution >= 0.6 is 7.92 Å². The summed E-state index contributed by atoms with van der Waals surface area (Å²) in [5, 5.41) is 3.45. The van der Waals surface area contributed by atoms with Gasteiger partial charge >= 0.3 is 0 Å². The van der Waals surface area contributed by atoms with Crippen LogP contribution in [-0.4, -0.2) is 26.3 Å². The second kappa shape index (κ2) is 8.00. The maximum atomic E-state index is 5.57. The highest BCUT2D eigenvalue weighted by Gasteiger charge is 2.21. The summed E-state index contributed by atoms with van der Waals surface area (Å²) in [5.74, 6) is 2.45. The number of rotatable bonds is 6. The van der Waals surface area contributed by atoms with Crippen molar-refractivity contribution in [3.05, 3.63) is 67.0 Å². The molecule has 5 heteroatoms. The summed E-state index contributed by atoms with van der Waals surface area (Å²) in [6.07, 6.45) is 3.55. The quantitative estimate of drug-likeness (QED) is 0.639. The summed E-state index contributed by atoms with van der Waals surface area (Å²) >= 11 is 0. The van der Waals surface area contributed by atoms with Gasteiger partial charge in [0.25, 0.3) is 0 Å². The van der Waals surface area contributed by atoms with E-state index in [0.717, 1.165) is 22.6 Å². The van der Waals surface area contributed by atoms with Gasteiger partial charge in [-0.1, -0.05) is 24.3 Å². The predicted molar refractivity (Wildman–Crippen MR) is 103 cm³/mol.